The Bertz CT molecular complexity index is 555. The lowest BCUT2D eigenvalue weighted by atomic mass is 9.93. The second kappa shape index (κ2) is 5.11. The summed E-state index contributed by atoms with van der Waals surface area (Å²) in [5.74, 6) is -0.149. The lowest BCUT2D eigenvalue weighted by molar-refractivity contribution is -0.384. The van der Waals surface area contributed by atoms with Crippen molar-refractivity contribution in [1.29, 1.82) is 0 Å². The van der Waals surface area contributed by atoms with Crippen molar-refractivity contribution in [3.05, 3.63) is 33.9 Å². The summed E-state index contributed by atoms with van der Waals surface area (Å²) in [4.78, 5) is 24.7. The molecule has 1 aliphatic rings. The smallest absolute Gasteiger partial charge is 0.270 e. The first-order valence-electron chi connectivity index (χ1n) is 6.59. The van der Waals surface area contributed by atoms with Gasteiger partial charge in [-0.25, -0.2) is 0 Å². The van der Waals surface area contributed by atoms with Crippen LogP contribution in [0.3, 0.4) is 0 Å². The highest BCUT2D eigenvalue weighted by Gasteiger charge is 2.33. The van der Waals surface area contributed by atoms with Crippen molar-refractivity contribution in [2.45, 2.75) is 20.3 Å². The van der Waals surface area contributed by atoms with E-state index in [2.05, 4.69) is 19.2 Å². The summed E-state index contributed by atoms with van der Waals surface area (Å²) in [6.07, 6.45) is 0.947. The minimum Gasteiger partial charge on any atom is -0.387 e. The van der Waals surface area contributed by atoms with Crippen LogP contribution in [0.25, 0.3) is 0 Å². The molecule has 2 rings (SSSR count). The van der Waals surface area contributed by atoms with E-state index in [4.69, 9.17) is 0 Å². The predicted molar refractivity (Wildman–Crippen MR) is 76.9 cm³/mol. The normalized spacial score (nSPS) is 17.1. The van der Waals surface area contributed by atoms with Crippen LogP contribution in [0, 0.1) is 15.5 Å². The molecule has 0 atom stereocenters. The first-order valence-corrected chi connectivity index (χ1v) is 6.59. The van der Waals surface area contributed by atoms with E-state index >= 15 is 0 Å². The van der Waals surface area contributed by atoms with Crippen LogP contribution in [0.15, 0.2) is 18.2 Å². The van der Waals surface area contributed by atoms with E-state index in [-0.39, 0.29) is 17.0 Å². The first-order chi connectivity index (χ1) is 9.34. The summed E-state index contributed by atoms with van der Waals surface area (Å²) < 4.78 is 0. The third-order valence-electron chi connectivity index (χ3n) is 3.68. The molecule has 1 heterocycles. The van der Waals surface area contributed by atoms with Gasteiger partial charge in [0.05, 0.1) is 10.5 Å². The average molecular weight is 277 g/mol. The van der Waals surface area contributed by atoms with Gasteiger partial charge in [-0.05, 0) is 17.9 Å². The standard InChI is InChI=1S/C14H19N3O3/c1-14(2)6-7-16(9-14)13(18)11-8-10(17(19)20)4-5-12(11)15-3/h4-5,8,15H,6-7,9H2,1-3H3. The molecule has 1 amide bonds. The molecule has 1 saturated heterocycles. The molecule has 0 unspecified atom stereocenters. The molecule has 108 valence electrons. The zero-order valence-electron chi connectivity index (χ0n) is 12.0. The number of non-ortho nitro benzene ring substituents is 1. The highest BCUT2D eigenvalue weighted by atomic mass is 16.6. The number of carbonyl (C=O) groups is 1. The Hall–Kier alpha value is -2.11. The number of nitro benzene ring substituents is 1. The molecule has 0 radical (unpaired) electrons. The molecular formula is C14H19N3O3. The van der Waals surface area contributed by atoms with Crippen LogP contribution in [0.5, 0.6) is 0 Å². The van der Waals surface area contributed by atoms with Gasteiger partial charge in [0, 0.05) is 38.0 Å². The van der Waals surface area contributed by atoms with Crippen molar-refractivity contribution in [1.82, 2.24) is 4.90 Å². The van der Waals surface area contributed by atoms with Crippen molar-refractivity contribution in [2.24, 2.45) is 5.41 Å². The summed E-state index contributed by atoms with van der Waals surface area (Å²) >= 11 is 0. The van der Waals surface area contributed by atoms with E-state index in [9.17, 15) is 14.9 Å². The third kappa shape index (κ3) is 2.74. The number of nitrogens with one attached hydrogen (secondary N) is 1. The molecule has 0 spiro atoms. The quantitative estimate of drug-likeness (QED) is 0.680. The number of likely N-dealkylation sites (tertiary alicyclic amines) is 1. The van der Waals surface area contributed by atoms with Crippen LogP contribution in [0.2, 0.25) is 0 Å². The Kier molecular flexibility index (Phi) is 3.65. The number of carbonyl (C=O) groups excluding carboxylic acids is 1. The number of amides is 1. The number of nitro groups is 1. The predicted octanol–water partition coefficient (Wildman–Crippen LogP) is 2.51. The van der Waals surface area contributed by atoms with E-state index in [1.807, 2.05) is 0 Å². The molecule has 1 aliphatic heterocycles. The van der Waals surface area contributed by atoms with E-state index in [1.165, 1.54) is 12.1 Å². The number of hydrogen-bond donors (Lipinski definition) is 1. The molecule has 0 saturated carbocycles. The monoisotopic (exact) mass is 277 g/mol. The number of anilines is 1. The summed E-state index contributed by atoms with van der Waals surface area (Å²) in [6.45, 7) is 5.61. The number of benzene rings is 1. The van der Waals surface area contributed by atoms with Crippen LogP contribution in [0.1, 0.15) is 30.6 Å². The SMILES string of the molecule is CNc1ccc([N+](=O)[O-])cc1C(=O)N1CCC(C)(C)C1. The highest BCUT2D eigenvalue weighted by molar-refractivity contribution is 6.00. The average Bonchev–Trinajstić information content (AvgIpc) is 2.77. The fraction of sp³-hybridized carbons (Fsp3) is 0.500. The van der Waals surface area contributed by atoms with Gasteiger partial charge in [-0.1, -0.05) is 13.8 Å². The maximum atomic E-state index is 12.6. The van der Waals surface area contributed by atoms with Gasteiger partial charge in [-0.2, -0.15) is 0 Å². The maximum absolute atomic E-state index is 12.6. The Morgan fingerprint density at radius 1 is 1.45 bits per heavy atom. The minimum atomic E-state index is -0.482. The van der Waals surface area contributed by atoms with E-state index < -0.39 is 4.92 Å². The fourth-order valence-electron chi connectivity index (χ4n) is 2.50. The summed E-state index contributed by atoms with van der Waals surface area (Å²) in [5, 5.41) is 13.8. The van der Waals surface area contributed by atoms with Crippen molar-refractivity contribution in [2.75, 3.05) is 25.5 Å². The second-order valence-electron chi connectivity index (χ2n) is 5.88. The molecule has 1 N–H and O–H groups in total. The number of rotatable bonds is 3. The van der Waals surface area contributed by atoms with Crippen LogP contribution in [-0.4, -0.2) is 35.9 Å². The molecule has 6 heteroatoms. The van der Waals surface area contributed by atoms with Gasteiger partial charge in [-0.15, -0.1) is 0 Å². The van der Waals surface area contributed by atoms with E-state index in [0.29, 0.717) is 24.3 Å². The van der Waals surface area contributed by atoms with Gasteiger partial charge < -0.3 is 10.2 Å². The highest BCUT2D eigenvalue weighted by Crippen LogP contribution is 2.31. The molecule has 0 bridgehead atoms. The minimum absolute atomic E-state index is 0.0641. The maximum Gasteiger partial charge on any atom is 0.270 e. The van der Waals surface area contributed by atoms with Crippen LogP contribution in [-0.2, 0) is 0 Å². The summed E-state index contributed by atoms with van der Waals surface area (Å²) in [5.41, 5.74) is 1.02. The van der Waals surface area contributed by atoms with Gasteiger partial charge in [-0.3, -0.25) is 14.9 Å². The Morgan fingerprint density at radius 2 is 2.15 bits per heavy atom. The topological polar surface area (TPSA) is 75.5 Å². The van der Waals surface area contributed by atoms with Crippen molar-refractivity contribution < 1.29 is 9.72 Å². The molecule has 1 aromatic rings. The van der Waals surface area contributed by atoms with E-state index in [0.717, 1.165) is 6.42 Å². The third-order valence-corrected chi connectivity index (χ3v) is 3.68. The molecule has 20 heavy (non-hydrogen) atoms. The van der Waals surface area contributed by atoms with Crippen LogP contribution >= 0.6 is 0 Å². The summed E-state index contributed by atoms with van der Waals surface area (Å²) in [6, 6.07) is 4.32. The molecule has 6 nitrogen and oxygen atoms in total. The lowest BCUT2D eigenvalue weighted by Gasteiger charge is -2.21. The molecule has 1 aromatic carbocycles. The van der Waals surface area contributed by atoms with Gasteiger partial charge in [0.15, 0.2) is 0 Å². The number of hydrogen-bond acceptors (Lipinski definition) is 4. The summed E-state index contributed by atoms with van der Waals surface area (Å²) in [7, 11) is 1.70. The van der Waals surface area contributed by atoms with Crippen LogP contribution < -0.4 is 5.32 Å². The second-order valence-corrected chi connectivity index (χ2v) is 5.88. The molecule has 0 aliphatic carbocycles. The fourth-order valence-corrected chi connectivity index (χ4v) is 2.50. The Labute approximate surface area is 117 Å². The van der Waals surface area contributed by atoms with Gasteiger partial charge in [0.25, 0.3) is 11.6 Å². The Morgan fingerprint density at radius 3 is 2.65 bits per heavy atom. The van der Waals surface area contributed by atoms with Gasteiger partial charge in [0.2, 0.25) is 0 Å². The van der Waals surface area contributed by atoms with Crippen molar-refractivity contribution >= 4 is 17.3 Å². The van der Waals surface area contributed by atoms with Crippen molar-refractivity contribution in [3.63, 3.8) is 0 Å². The number of nitrogens with zero attached hydrogens (tertiary/aromatic N) is 2. The van der Waals surface area contributed by atoms with Gasteiger partial charge in [0.1, 0.15) is 0 Å². The first kappa shape index (κ1) is 14.3. The molecule has 0 aromatic heterocycles. The molecule has 1 fully saturated rings. The largest absolute Gasteiger partial charge is 0.387 e. The zero-order valence-corrected chi connectivity index (χ0v) is 12.0. The van der Waals surface area contributed by atoms with E-state index in [1.54, 1.807) is 18.0 Å². The lowest BCUT2D eigenvalue weighted by Crippen LogP contribution is -2.30. The molecular weight excluding hydrogens is 258 g/mol. The van der Waals surface area contributed by atoms with Crippen LogP contribution in [0.4, 0.5) is 11.4 Å². The van der Waals surface area contributed by atoms with Crippen molar-refractivity contribution in [3.8, 4) is 0 Å². The zero-order chi connectivity index (χ0) is 14.9. The van der Waals surface area contributed by atoms with Gasteiger partial charge >= 0.3 is 0 Å². The Balaban J connectivity index is 2.33.